The highest BCUT2D eigenvalue weighted by Crippen LogP contribution is 2.27. The largest absolute Gasteiger partial charge is 0.491 e. The number of nitrogens with one attached hydrogen (secondary N) is 2. The molecule has 0 aromatic heterocycles. The van der Waals surface area contributed by atoms with E-state index < -0.39 is 55.2 Å². The Morgan fingerprint density at radius 1 is 0.487 bits per heavy atom. The molecule has 9 aromatic rings. The van der Waals surface area contributed by atoms with Crippen molar-refractivity contribution < 1.29 is 96.1 Å². The first-order chi connectivity index (χ1) is 55.4. The third kappa shape index (κ3) is 42.3. The number of sulfone groups is 1. The van der Waals surface area contributed by atoms with E-state index in [0.717, 1.165) is 97.1 Å². The molecule has 0 radical (unpaired) electrons. The molecule has 1 fully saturated rings. The smallest absolute Gasteiger partial charge is 0.347 e. The van der Waals surface area contributed by atoms with Crippen LogP contribution >= 0.6 is 0 Å². The van der Waals surface area contributed by atoms with Crippen LogP contribution in [0.2, 0.25) is 0 Å². The molecule has 2 atom stereocenters. The summed E-state index contributed by atoms with van der Waals surface area (Å²) in [6, 6.07) is 56.8. The van der Waals surface area contributed by atoms with E-state index in [9.17, 15) is 31.5 Å². The Morgan fingerprint density at radius 3 is 1.27 bits per heavy atom. The number of nitrogens with two attached hydrogens (primary N) is 1. The molecular formula is C94H131N3O20S2. The molecule has 0 amide bonds. The summed E-state index contributed by atoms with van der Waals surface area (Å²) in [6.45, 7) is 39.8. The average molecular weight is 1690 g/mol. The highest BCUT2D eigenvalue weighted by molar-refractivity contribution is 7.90. The van der Waals surface area contributed by atoms with Gasteiger partial charge in [-0.3, -0.25) is 0 Å². The van der Waals surface area contributed by atoms with Crippen LogP contribution in [0.5, 0.6) is 28.7 Å². The topological polar surface area (TPSA) is 381 Å². The molecule has 1 heterocycles. The molecule has 10 rings (SSSR count). The number of carboxylic acid groups (broad SMARTS) is 2. The summed E-state index contributed by atoms with van der Waals surface area (Å²) in [5.41, 5.74) is 22.1. The van der Waals surface area contributed by atoms with Gasteiger partial charge < -0.3 is 80.7 Å². The van der Waals surface area contributed by atoms with E-state index in [1.54, 1.807) is 62.4 Å². The van der Waals surface area contributed by atoms with Crippen LogP contribution in [0, 0.1) is 96.9 Å². The van der Waals surface area contributed by atoms with Gasteiger partial charge in [-0.05, 0) is 291 Å². The van der Waals surface area contributed by atoms with Crippen LogP contribution in [0.25, 0.3) is 0 Å². The lowest BCUT2D eigenvalue weighted by molar-refractivity contribution is -0.152. The fourth-order valence-electron chi connectivity index (χ4n) is 9.93. The first-order valence-corrected chi connectivity index (χ1v) is 42.4. The molecule has 0 unspecified atom stereocenters. The van der Waals surface area contributed by atoms with Gasteiger partial charge >= 0.3 is 11.9 Å². The maximum Gasteiger partial charge on any atom is 0.347 e. The normalized spacial score (nSPS) is 12.1. The molecule has 0 spiro atoms. The minimum atomic E-state index is -3.43. The predicted molar refractivity (Wildman–Crippen MR) is 473 cm³/mol. The monoisotopic (exact) mass is 1690 g/mol. The van der Waals surface area contributed by atoms with Crippen molar-refractivity contribution in [1.82, 2.24) is 10.0 Å². The van der Waals surface area contributed by atoms with Gasteiger partial charge in [0.05, 0.1) is 35.2 Å². The lowest BCUT2D eigenvalue weighted by atomic mass is 9.92. The van der Waals surface area contributed by atoms with E-state index in [1.165, 1.54) is 47.9 Å². The first-order valence-electron chi connectivity index (χ1n) is 39.0. The molecule has 1 aliphatic heterocycles. The number of aliphatic hydroxyl groups is 7. The standard InChI is InChI=1S/C11H17NO3S.C11H14O3.2C11H16O3.C11H16O2.C10H13NO.C10H15N.C10H12O3.C9H12O2S/c1-9-4-5-11(8-10(9)2)16(14,15)12-6-3-7-13;1-8-4-6-9(7-5-8)14-11(2,3)10(12)13;2*1-8-3-4-11(5-9(8)2)14-7-10(13)6-12;1-8-4-5-10(11(2,3)13)9(6-8)7-12;1-8-2-4-9(5-3-8)12-10-6-11-7-10;1-8-4-6-9(7-5-8)10(2,3)11;1-7-3-4-9(8(2)5-7)13-6-10(11)12;1-7-4-5-9(6-8(7)2)12(3,10)11/h4-5,8,12-13H,3,6-7H2,1-2H3;4-7H,1-3H3,(H,12,13);2*3-5,10,12-13H,6-7H2,1-2H3;4-6,12-13H,7H2,1-3H3;2-5,10-11H,6-7H2,1H3;4-7H,11H2,1-3H3;3-5H,6H2,1-2H3,(H,11,12);4-6H,1-3H3/t;;2*10-;;;;;/m..10...../s1. The molecule has 25 heteroatoms. The number of rotatable bonds is 25. The molecule has 119 heavy (non-hydrogen) atoms. The van der Waals surface area contributed by atoms with E-state index in [4.69, 9.17) is 70.3 Å². The molecule has 9 aromatic carbocycles. The van der Waals surface area contributed by atoms with Crippen molar-refractivity contribution in [3.63, 3.8) is 0 Å². The van der Waals surface area contributed by atoms with Crippen molar-refractivity contribution in [2.45, 2.75) is 196 Å². The second-order valence-corrected chi connectivity index (χ2v) is 34.7. The third-order valence-corrected chi connectivity index (χ3v) is 20.7. The number of aryl methyl sites for hydroxylation is 14. The highest BCUT2D eigenvalue weighted by Gasteiger charge is 2.29. The van der Waals surface area contributed by atoms with Crippen LogP contribution in [0.15, 0.2) is 192 Å². The molecule has 23 nitrogen and oxygen atoms in total. The number of aliphatic carboxylic acids is 2. The van der Waals surface area contributed by atoms with Gasteiger partial charge in [-0.1, -0.05) is 131 Å². The summed E-state index contributed by atoms with van der Waals surface area (Å²) in [5.74, 6) is 1.70. The van der Waals surface area contributed by atoms with Crippen molar-refractivity contribution in [3.05, 3.63) is 277 Å². The van der Waals surface area contributed by atoms with Crippen molar-refractivity contribution in [1.29, 1.82) is 0 Å². The van der Waals surface area contributed by atoms with Crippen molar-refractivity contribution in [2.75, 3.05) is 65.5 Å². The van der Waals surface area contributed by atoms with Crippen molar-refractivity contribution in [2.24, 2.45) is 5.73 Å². The van der Waals surface area contributed by atoms with Crippen LogP contribution in [0.4, 0.5) is 0 Å². The highest BCUT2D eigenvalue weighted by atomic mass is 32.2. The Labute approximate surface area is 706 Å². The van der Waals surface area contributed by atoms with Crippen molar-refractivity contribution in [3.8, 4) is 28.7 Å². The van der Waals surface area contributed by atoms with Crippen LogP contribution in [-0.4, -0.2) is 164 Å². The molecule has 1 aliphatic rings. The fraction of sp³-hybridized carbons (Fsp3) is 0.404. The zero-order valence-electron chi connectivity index (χ0n) is 73.2. The molecular weight excluding hydrogens is 1560 g/mol. The lowest BCUT2D eigenvalue weighted by Crippen LogP contribution is -2.50. The number of benzene rings is 9. The van der Waals surface area contributed by atoms with Crippen LogP contribution in [0.3, 0.4) is 0 Å². The summed E-state index contributed by atoms with van der Waals surface area (Å²) < 4.78 is 74.8. The Bertz CT molecular complexity index is 4710. The minimum Gasteiger partial charge on any atom is -0.491 e. The maximum absolute atomic E-state index is 11.8. The molecule has 0 aliphatic carbocycles. The van der Waals surface area contributed by atoms with E-state index in [1.807, 2.05) is 194 Å². The number of hydrogen-bond acceptors (Lipinski definition) is 20. The number of aliphatic hydroxyl groups excluding tert-OH is 6. The Balaban J connectivity index is 0.000000454. The number of carboxylic acids is 2. The maximum atomic E-state index is 11.8. The molecule has 0 saturated carbocycles. The quantitative estimate of drug-likeness (QED) is 0.0236. The van der Waals surface area contributed by atoms with Gasteiger partial charge in [-0.25, -0.2) is 31.1 Å². The summed E-state index contributed by atoms with van der Waals surface area (Å²) in [4.78, 5) is 21.7. The Morgan fingerprint density at radius 2 is 0.891 bits per heavy atom. The van der Waals surface area contributed by atoms with Gasteiger partial charge in [-0.2, -0.15) is 0 Å². The molecule has 0 bridgehead atoms. The van der Waals surface area contributed by atoms with E-state index in [2.05, 4.69) is 60.3 Å². The second-order valence-electron chi connectivity index (χ2n) is 30.9. The second kappa shape index (κ2) is 51.8. The Hall–Kier alpha value is -9.58. The summed E-state index contributed by atoms with van der Waals surface area (Å²) in [6.07, 6.45) is 0.405. The van der Waals surface area contributed by atoms with Gasteiger partial charge in [-0.15, -0.1) is 0 Å². The summed E-state index contributed by atoms with van der Waals surface area (Å²) in [5, 5.41) is 83.1. The number of hydrogen-bond donors (Lipinski definition) is 12. The average Bonchev–Trinajstić information content (AvgIpc) is 0.842. The molecule has 654 valence electrons. The number of ether oxygens (including phenoxy) is 5. The summed E-state index contributed by atoms with van der Waals surface area (Å²) >= 11 is 0. The summed E-state index contributed by atoms with van der Waals surface area (Å²) in [7, 11) is -6.47. The van der Waals surface area contributed by atoms with Crippen LogP contribution in [-0.2, 0) is 47.2 Å². The zero-order valence-corrected chi connectivity index (χ0v) is 74.9. The van der Waals surface area contributed by atoms with Gasteiger partial charge in [0, 0.05) is 38.0 Å². The van der Waals surface area contributed by atoms with Gasteiger partial charge in [0.15, 0.2) is 22.0 Å². The number of sulfonamides is 1. The minimum absolute atomic E-state index is 0.0184. The molecule has 1 saturated heterocycles. The van der Waals surface area contributed by atoms with Crippen LogP contribution < -0.4 is 39.5 Å². The van der Waals surface area contributed by atoms with Crippen LogP contribution in [0.1, 0.15) is 143 Å². The van der Waals surface area contributed by atoms with Gasteiger partial charge in [0.2, 0.25) is 10.0 Å². The lowest BCUT2D eigenvalue weighted by Gasteiger charge is -2.27. The number of carbonyl (C=O) groups is 2. The third-order valence-electron chi connectivity index (χ3n) is 18.1. The van der Waals surface area contributed by atoms with E-state index in [0.29, 0.717) is 28.9 Å². The fourth-order valence-corrected chi connectivity index (χ4v) is 11.8. The van der Waals surface area contributed by atoms with Gasteiger partial charge in [0.25, 0.3) is 0 Å². The van der Waals surface area contributed by atoms with Gasteiger partial charge in [0.1, 0.15) is 60.3 Å². The van der Waals surface area contributed by atoms with E-state index in [-0.39, 0.29) is 63.2 Å². The predicted octanol–water partition coefficient (Wildman–Crippen LogP) is 14.0. The molecule has 13 N–H and O–H groups in total. The Kier molecular flexibility index (Phi) is 45.9. The zero-order chi connectivity index (χ0) is 90.2. The first kappa shape index (κ1) is 105. The van der Waals surface area contributed by atoms with Crippen molar-refractivity contribution >= 4 is 31.8 Å². The SMILES string of the molecule is Cc1ccc(C(C)(C)N)cc1.Cc1ccc(C(C)(C)O)c(CO)c1.Cc1ccc(OC(C)(C)C(=O)O)cc1.Cc1ccc(OC2CNC2)cc1.Cc1ccc(OCC(=O)O)c(C)c1.Cc1ccc(OC[C@@H](O)CO)cc1C.Cc1ccc(OC[C@H](O)CO)cc1C.Cc1ccc(S(=O)(=O)NCCCO)cc1C.Cc1ccc(S(C)(=O)=O)cc1C. The van der Waals surface area contributed by atoms with E-state index >= 15 is 0 Å².